The molecular formula is C63H39N5S. The van der Waals surface area contributed by atoms with Gasteiger partial charge in [-0.25, -0.2) is 15.0 Å². The van der Waals surface area contributed by atoms with E-state index in [9.17, 15) is 0 Å². The molecule has 0 unspecified atom stereocenters. The van der Waals surface area contributed by atoms with Crippen molar-refractivity contribution in [2.75, 3.05) is 0 Å². The lowest BCUT2D eigenvalue weighted by Crippen LogP contribution is -1.99. The molecule has 0 N–H and O–H groups in total. The molecule has 0 saturated carbocycles. The molecule has 0 aliphatic carbocycles. The predicted octanol–water partition coefficient (Wildman–Crippen LogP) is 16.8. The van der Waals surface area contributed by atoms with Gasteiger partial charge >= 0.3 is 0 Å². The van der Waals surface area contributed by atoms with Crippen LogP contribution in [0.1, 0.15) is 0 Å². The molecule has 14 rings (SSSR count). The number of hydrogen-bond acceptors (Lipinski definition) is 4. The van der Waals surface area contributed by atoms with E-state index in [1.54, 1.807) is 0 Å². The Balaban J connectivity index is 0.800. The lowest BCUT2D eigenvalue weighted by Gasteiger charge is -2.10. The van der Waals surface area contributed by atoms with Gasteiger partial charge in [-0.1, -0.05) is 164 Å². The second-order valence-corrected chi connectivity index (χ2v) is 18.7. The van der Waals surface area contributed by atoms with Crippen molar-refractivity contribution < 1.29 is 0 Å². The Morgan fingerprint density at radius 3 is 1.16 bits per heavy atom. The number of para-hydroxylation sites is 3. The van der Waals surface area contributed by atoms with E-state index in [2.05, 4.69) is 185 Å². The Labute approximate surface area is 401 Å². The summed E-state index contributed by atoms with van der Waals surface area (Å²) >= 11 is 1.81. The molecule has 4 heterocycles. The van der Waals surface area contributed by atoms with Crippen LogP contribution in [0.4, 0.5) is 0 Å². The second kappa shape index (κ2) is 15.8. The van der Waals surface area contributed by atoms with Crippen molar-refractivity contribution in [3.05, 3.63) is 237 Å². The summed E-state index contributed by atoms with van der Waals surface area (Å²) in [6.45, 7) is 0. The number of nitrogens with zero attached hydrogens (tertiary/aromatic N) is 5. The highest BCUT2D eigenvalue weighted by atomic mass is 32.1. The van der Waals surface area contributed by atoms with Crippen molar-refractivity contribution in [1.82, 2.24) is 24.1 Å². The SMILES string of the molecule is c1ccc(-c2nc(-c3ccccc3)nc(-c3ccc4c(c3)sc3cc(-c5ccc(-n6c7ccccc7c7cc(-c8ccc9c(c8)c8ccccc8n9-c8ccccc8)ccc76)cc5)ccc34)n2)cc1. The molecule has 0 saturated heterocycles. The van der Waals surface area contributed by atoms with Gasteiger partial charge in [0.2, 0.25) is 0 Å². The predicted molar refractivity (Wildman–Crippen MR) is 289 cm³/mol. The number of thiophene rings is 1. The number of rotatable bonds is 7. The Morgan fingerprint density at radius 2 is 0.623 bits per heavy atom. The zero-order valence-corrected chi connectivity index (χ0v) is 38.0. The third kappa shape index (κ3) is 6.56. The minimum Gasteiger partial charge on any atom is -0.309 e. The third-order valence-electron chi connectivity index (χ3n) is 13.6. The van der Waals surface area contributed by atoms with Gasteiger partial charge in [0.25, 0.3) is 0 Å². The summed E-state index contributed by atoms with van der Waals surface area (Å²) < 4.78 is 7.22. The highest BCUT2D eigenvalue weighted by Gasteiger charge is 2.18. The average Bonchev–Trinajstić information content (AvgIpc) is 4.08. The molecule has 0 spiro atoms. The molecule has 0 bridgehead atoms. The smallest absolute Gasteiger partial charge is 0.164 e. The summed E-state index contributed by atoms with van der Waals surface area (Å²) in [6, 6.07) is 84.7. The molecule has 5 nitrogen and oxygen atoms in total. The van der Waals surface area contributed by atoms with E-state index in [1.807, 2.05) is 72.0 Å². The van der Waals surface area contributed by atoms with E-state index in [-0.39, 0.29) is 0 Å². The second-order valence-electron chi connectivity index (χ2n) is 17.6. The highest BCUT2D eigenvalue weighted by Crippen LogP contribution is 2.41. The zero-order chi connectivity index (χ0) is 45.4. The highest BCUT2D eigenvalue weighted by molar-refractivity contribution is 7.25. The topological polar surface area (TPSA) is 48.5 Å². The summed E-state index contributed by atoms with van der Waals surface area (Å²) in [6.07, 6.45) is 0. The summed E-state index contributed by atoms with van der Waals surface area (Å²) in [5, 5.41) is 7.46. The van der Waals surface area contributed by atoms with Gasteiger partial charge in [-0.05, 0) is 95.1 Å². The summed E-state index contributed by atoms with van der Waals surface area (Å²) in [5.74, 6) is 1.98. The van der Waals surface area contributed by atoms with Gasteiger partial charge in [-0.15, -0.1) is 11.3 Å². The van der Waals surface area contributed by atoms with E-state index in [1.165, 1.54) is 91.7 Å². The van der Waals surface area contributed by atoms with Crippen LogP contribution in [-0.2, 0) is 0 Å². The zero-order valence-electron chi connectivity index (χ0n) is 37.2. The molecule has 10 aromatic carbocycles. The Hall–Kier alpha value is -8.97. The minimum atomic E-state index is 0.660. The molecule has 0 fully saturated rings. The van der Waals surface area contributed by atoms with E-state index in [0.717, 1.165) is 22.4 Å². The van der Waals surface area contributed by atoms with Crippen molar-refractivity contribution in [3.8, 4) is 67.8 Å². The van der Waals surface area contributed by atoms with Crippen LogP contribution >= 0.6 is 11.3 Å². The molecular weight excluding hydrogens is 859 g/mol. The first-order valence-electron chi connectivity index (χ1n) is 23.3. The average molecular weight is 898 g/mol. The van der Waals surface area contributed by atoms with Gasteiger partial charge in [-0.3, -0.25) is 0 Å². The fraction of sp³-hybridized carbons (Fsp3) is 0. The van der Waals surface area contributed by atoms with Crippen LogP contribution < -0.4 is 0 Å². The van der Waals surface area contributed by atoms with Crippen LogP contribution in [-0.4, -0.2) is 24.1 Å². The first-order chi connectivity index (χ1) is 34.2. The Kier molecular flexibility index (Phi) is 9.00. The molecule has 0 atom stereocenters. The van der Waals surface area contributed by atoms with Crippen molar-refractivity contribution in [1.29, 1.82) is 0 Å². The fourth-order valence-corrected chi connectivity index (χ4v) is 11.5. The molecule has 322 valence electrons. The summed E-state index contributed by atoms with van der Waals surface area (Å²) in [7, 11) is 0. The molecule has 4 aromatic heterocycles. The van der Waals surface area contributed by atoms with Gasteiger partial charge in [-0.2, -0.15) is 0 Å². The quantitative estimate of drug-likeness (QED) is 0.160. The van der Waals surface area contributed by atoms with E-state index in [0.29, 0.717) is 17.5 Å². The molecule has 6 heteroatoms. The van der Waals surface area contributed by atoms with Gasteiger partial charge in [0.15, 0.2) is 17.5 Å². The van der Waals surface area contributed by atoms with E-state index >= 15 is 0 Å². The summed E-state index contributed by atoms with van der Waals surface area (Å²) in [5.41, 5.74) is 14.7. The first-order valence-corrected chi connectivity index (χ1v) is 24.1. The van der Waals surface area contributed by atoms with Gasteiger partial charge < -0.3 is 9.13 Å². The number of aromatic nitrogens is 5. The Bertz CT molecular complexity index is 4230. The van der Waals surface area contributed by atoms with Gasteiger partial charge in [0, 0.05) is 69.8 Å². The maximum Gasteiger partial charge on any atom is 0.164 e. The van der Waals surface area contributed by atoms with Crippen LogP contribution in [0.3, 0.4) is 0 Å². The molecule has 0 radical (unpaired) electrons. The van der Waals surface area contributed by atoms with Crippen LogP contribution in [0.5, 0.6) is 0 Å². The van der Waals surface area contributed by atoms with Crippen LogP contribution in [0, 0.1) is 0 Å². The van der Waals surface area contributed by atoms with Crippen LogP contribution in [0.2, 0.25) is 0 Å². The van der Waals surface area contributed by atoms with Gasteiger partial charge in [0.05, 0.1) is 22.1 Å². The number of hydrogen-bond donors (Lipinski definition) is 0. The largest absolute Gasteiger partial charge is 0.309 e. The molecule has 0 aliphatic heterocycles. The van der Waals surface area contributed by atoms with Crippen molar-refractivity contribution >= 4 is 75.1 Å². The maximum absolute atomic E-state index is 5.00. The third-order valence-corrected chi connectivity index (χ3v) is 14.7. The molecule has 14 aromatic rings. The standard InChI is InChI=1S/C63H39N5S/c1-4-14-41(15-5-1)61-64-62(42-16-6-2-7-17-42)66-63(65-61)46-27-33-52-51-32-26-45(38-59(51)69-60(52)39-46)40-24-30-48(31-25-40)68-56-23-13-11-21-50(56)54-37-44(29-35-58(54)68)43-28-34-57-53(36-43)49-20-10-12-22-55(49)67(57)47-18-8-3-9-19-47/h1-39H. The summed E-state index contributed by atoms with van der Waals surface area (Å²) in [4.78, 5) is 14.9. The lowest BCUT2D eigenvalue weighted by atomic mass is 10.0. The van der Waals surface area contributed by atoms with E-state index < -0.39 is 0 Å². The number of fused-ring (bicyclic) bond motifs is 9. The minimum absolute atomic E-state index is 0.660. The lowest BCUT2D eigenvalue weighted by molar-refractivity contribution is 1.07. The Morgan fingerprint density at radius 1 is 0.246 bits per heavy atom. The fourth-order valence-electron chi connectivity index (χ4n) is 10.3. The van der Waals surface area contributed by atoms with Crippen molar-refractivity contribution in [3.63, 3.8) is 0 Å². The molecule has 0 amide bonds. The first kappa shape index (κ1) is 39.2. The van der Waals surface area contributed by atoms with Crippen molar-refractivity contribution in [2.45, 2.75) is 0 Å². The van der Waals surface area contributed by atoms with Gasteiger partial charge in [0.1, 0.15) is 0 Å². The van der Waals surface area contributed by atoms with Crippen molar-refractivity contribution in [2.24, 2.45) is 0 Å². The monoisotopic (exact) mass is 897 g/mol. The number of benzene rings is 10. The maximum atomic E-state index is 5.00. The molecule has 0 aliphatic rings. The van der Waals surface area contributed by atoms with E-state index in [4.69, 9.17) is 15.0 Å². The molecule has 69 heavy (non-hydrogen) atoms. The van der Waals surface area contributed by atoms with Crippen LogP contribution in [0.15, 0.2) is 237 Å². The normalized spacial score (nSPS) is 11.8. The van der Waals surface area contributed by atoms with Crippen LogP contribution in [0.25, 0.3) is 132 Å².